The lowest BCUT2D eigenvalue weighted by Crippen LogP contribution is -2.31. The van der Waals surface area contributed by atoms with Gasteiger partial charge in [0.2, 0.25) is 5.91 Å². The summed E-state index contributed by atoms with van der Waals surface area (Å²) in [5.41, 5.74) is 5.54. The lowest BCUT2D eigenvalue weighted by atomic mass is 10.0. The molecule has 154 valence electrons. The molecule has 0 saturated heterocycles. The number of anilines is 1. The van der Waals surface area contributed by atoms with Crippen molar-refractivity contribution in [2.45, 2.75) is 46.6 Å². The molecule has 0 saturated carbocycles. The topological polar surface area (TPSA) is 46.3 Å². The highest BCUT2D eigenvalue weighted by molar-refractivity contribution is 7.22. The monoisotopic (exact) mass is 418 g/mol. The Morgan fingerprint density at radius 2 is 1.80 bits per heavy atom. The predicted molar refractivity (Wildman–Crippen MR) is 123 cm³/mol. The van der Waals surface area contributed by atoms with Gasteiger partial charge < -0.3 is 4.42 Å². The molecule has 2 aromatic heterocycles. The average Bonchev–Trinajstić information content (AvgIpc) is 3.39. The van der Waals surface area contributed by atoms with Crippen molar-refractivity contribution in [2.75, 3.05) is 4.90 Å². The third-order valence-electron chi connectivity index (χ3n) is 5.36. The number of carbonyl (C=O) groups is 1. The van der Waals surface area contributed by atoms with Crippen LogP contribution in [0.4, 0.5) is 5.13 Å². The van der Waals surface area contributed by atoms with Crippen molar-refractivity contribution in [1.82, 2.24) is 4.98 Å². The number of thiazole rings is 1. The number of rotatable bonds is 6. The highest BCUT2D eigenvalue weighted by atomic mass is 32.1. The van der Waals surface area contributed by atoms with Crippen molar-refractivity contribution in [2.24, 2.45) is 0 Å². The summed E-state index contributed by atoms with van der Waals surface area (Å²) in [5, 5.41) is 0.711. The Bertz CT molecular complexity index is 1120. The molecule has 0 N–H and O–H groups in total. The summed E-state index contributed by atoms with van der Waals surface area (Å²) in [4.78, 5) is 19.9. The maximum Gasteiger partial charge on any atom is 0.233 e. The van der Waals surface area contributed by atoms with Crippen LogP contribution in [-0.2, 0) is 17.8 Å². The van der Waals surface area contributed by atoms with Gasteiger partial charge >= 0.3 is 0 Å². The minimum absolute atomic E-state index is 0.0121. The van der Waals surface area contributed by atoms with Crippen LogP contribution in [0, 0.1) is 13.8 Å². The van der Waals surface area contributed by atoms with Crippen LogP contribution >= 0.6 is 11.3 Å². The second-order valence-electron chi connectivity index (χ2n) is 8.01. The van der Waals surface area contributed by atoms with Crippen LogP contribution in [-0.4, -0.2) is 10.9 Å². The lowest BCUT2D eigenvalue weighted by Gasteiger charge is -2.19. The minimum Gasteiger partial charge on any atom is -0.467 e. The van der Waals surface area contributed by atoms with Crippen LogP contribution in [0.15, 0.2) is 59.2 Å². The summed E-state index contributed by atoms with van der Waals surface area (Å²) in [5.74, 6) is 1.23. The lowest BCUT2D eigenvalue weighted by molar-refractivity contribution is -0.118. The molecule has 0 unspecified atom stereocenters. The fourth-order valence-corrected chi connectivity index (χ4v) is 4.60. The van der Waals surface area contributed by atoms with Gasteiger partial charge in [0.15, 0.2) is 5.13 Å². The summed E-state index contributed by atoms with van der Waals surface area (Å²) in [6, 6.07) is 16.2. The first-order valence-corrected chi connectivity index (χ1v) is 11.0. The molecule has 4 nitrogen and oxygen atoms in total. The number of aryl methyl sites for hydroxylation is 2. The Kier molecular flexibility index (Phi) is 5.73. The number of amides is 1. The van der Waals surface area contributed by atoms with Crippen molar-refractivity contribution in [3.05, 3.63) is 82.8 Å². The van der Waals surface area contributed by atoms with E-state index in [-0.39, 0.29) is 5.91 Å². The van der Waals surface area contributed by atoms with Gasteiger partial charge in [-0.15, -0.1) is 0 Å². The fraction of sp³-hybridized carbons (Fsp3) is 0.280. The smallest absolute Gasteiger partial charge is 0.233 e. The maximum absolute atomic E-state index is 13.4. The predicted octanol–water partition coefficient (Wildman–Crippen LogP) is 6.41. The first kappa shape index (κ1) is 20.4. The zero-order valence-corrected chi connectivity index (χ0v) is 18.6. The molecule has 5 heteroatoms. The van der Waals surface area contributed by atoms with Gasteiger partial charge in [0.25, 0.3) is 0 Å². The molecule has 30 heavy (non-hydrogen) atoms. The minimum atomic E-state index is 0.0121. The maximum atomic E-state index is 13.4. The third kappa shape index (κ3) is 4.17. The van der Waals surface area contributed by atoms with Gasteiger partial charge in [-0.25, -0.2) is 4.98 Å². The molecular weight excluding hydrogens is 392 g/mol. The van der Waals surface area contributed by atoms with Gasteiger partial charge in [0, 0.05) is 0 Å². The molecule has 0 aliphatic rings. The number of benzene rings is 2. The van der Waals surface area contributed by atoms with Gasteiger partial charge in [-0.1, -0.05) is 61.6 Å². The largest absolute Gasteiger partial charge is 0.467 e. The Morgan fingerprint density at radius 1 is 1.07 bits per heavy atom. The first-order chi connectivity index (χ1) is 14.4. The Morgan fingerprint density at radius 3 is 2.43 bits per heavy atom. The standard InChI is InChI=1S/C25H26N2O2S/c1-16(2)20-11-9-19(10-12-20)14-22(28)27(15-21-6-5-13-29-21)25-26-23-17(3)7-8-18(4)24(23)30-25/h5-13,16H,14-15H2,1-4H3. The van der Waals surface area contributed by atoms with Crippen LogP contribution in [0.3, 0.4) is 0 Å². The second kappa shape index (κ2) is 8.44. The third-order valence-corrected chi connectivity index (χ3v) is 6.57. The Hall–Kier alpha value is -2.92. The number of fused-ring (bicyclic) bond motifs is 1. The van der Waals surface area contributed by atoms with Crippen molar-refractivity contribution in [3.8, 4) is 0 Å². The molecule has 1 amide bonds. The van der Waals surface area contributed by atoms with Gasteiger partial charge in [0.05, 0.1) is 29.4 Å². The van der Waals surface area contributed by atoms with Crippen LogP contribution in [0.2, 0.25) is 0 Å². The number of nitrogens with zero attached hydrogens (tertiary/aromatic N) is 2. The van der Waals surface area contributed by atoms with E-state index in [9.17, 15) is 4.79 Å². The molecule has 0 aliphatic heterocycles. The SMILES string of the molecule is Cc1ccc(C)c2sc(N(Cc3ccco3)C(=O)Cc3ccc(C(C)C)cc3)nc12. The van der Waals surface area contributed by atoms with E-state index < -0.39 is 0 Å². The van der Waals surface area contributed by atoms with Gasteiger partial charge in [0.1, 0.15) is 5.76 Å². The molecule has 0 aliphatic carbocycles. The summed E-state index contributed by atoms with van der Waals surface area (Å²) in [6.45, 7) is 8.84. The van der Waals surface area contributed by atoms with Crippen molar-refractivity contribution in [3.63, 3.8) is 0 Å². The number of hydrogen-bond donors (Lipinski definition) is 0. The molecule has 2 aromatic carbocycles. The Labute approximate surface area is 181 Å². The van der Waals surface area contributed by atoms with Gasteiger partial charge in [-0.2, -0.15) is 0 Å². The molecular formula is C25H26N2O2S. The molecule has 0 atom stereocenters. The number of aromatic nitrogens is 1. The van der Waals surface area contributed by atoms with Gasteiger partial charge in [-0.3, -0.25) is 9.69 Å². The molecule has 0 fully saturated rings. The fourth-order valence-electron chi connectivity index (χ4n) is 3.47. The first-order valence-electron chi connectivity index (χ1n) is 10.2. The highest BCUT2D eigenvalue weighted by Gasteiger charge is 2.22. The summed E-state index contributed by atoms with van der Waals surface area (Å²) in [6.07, 6.45) is 1.96. The molecule has 0 spiro atoms. The highest BCUT2D eigenvalue weighted by Crippen LogP contribution is 2.34. The zero-order chi connectivity index (χ0) is 21.3. The van der Waals surface area contributed by atoms with Crippen molar-refractivity contribution < 1.29 is 9.21 Å². The number of furan rings is 1. The van der Waals surface area contributed by atoms with Crippen LogP contribution < -0.4 is 4.90 Å². The van der Waals surface area contributed by atoms with E-state index in [4.69, 9.17) is 9.40 Å². The van der Waals surface area contributed by atoms with Crippen LogP contribution in [0.25, 0.3) is 10.2 Å². The zero-order valence-electron chi connectivity index (χ0n) is 17.8. The molecule has 4 rings (SSSR count). The van der Waals surface area contributed by atoms with E-state index in [0.717, 1.165) is 27.1 Å². The normalized spacial score (nSPS) is 11.4. The van der Waals surface area contributed by atoms with E-state index in [1.165, 1.54) is 11.1 Å². The second-order valence-corrected chi connectivity index (χ2v) is 8.98. The number of carbonyl (C=O) groups excluding carboxylic acids is 1. The Balaban J connectivity index is 1.66. The summed E-state index contributed by atoms with van der Waals surface area (Å²) < 4.78 is 6.66. The van der Waals surface area contributed by atoms with E-state index in [0.29, 0.717) is 24.0 Å². The van der Waals surface area contributed by atoms with E-state index >= 15 is 0 Å². The summed E-state index contributed by atoms with van der Waals surface area (Å²) in [7, 11) is 0. The van der Waals surface area contributed by atoms with E-state index in [2.05, 4.69) is 52.0 Å². The van der Waals surface area contributed by atoms with E-state index in [1.807, 2.05) is 24.3 Å². The summed E-state index contributed by atoms with van der Waals surface area (Å²) >= 11 is 1.57. The number of hydrogen-bond acceptors (Lipinski definition) is 4. The average molecular weight is 419 g/mol. The van der Waals surface area contributed by atoms with Crippen molar-refractivity contribution in [1.29, 1.82) is 0 Å². The molecule has 4 aromatic rings. The van der Waals surface area contributed by atoms with Crippen LogP contribution in [0.5, 0.6) is 0 Å². The molecule has 0 radical (unpaired) electrons. The van der Waals surface area contributed by atoms with E-state index in [1.54, 1.807) is 22.5 Å². The van der Waals surface area contributed by atoms with Crippen LogP contribution in [0.1, 0.15) is 47.8 Å². The van der Waals surface area contributed by atoms with Crippen molar-refractivity contribution >= 4 is 32.6 Å². The molecule has 2 heterocycles. The van der Waals surface area contributed by atoms with Gasteiger partial charge in [-0.05, 0) is 54.2 Å². The quantitative estimate of drug-likeness (QED) is 0.364. The molecule has 0 bridgehead atoms.